The molecule has 114 valence electrons. The molecular formula is C17H24N2OS. The van der Waals surface area contributed by atoms with Crippen molar-refractivity contribution in [3.63, 3.8) is 0 Å². The molecule has 1 aliphatic heterocycles. The van der Waals surface area contributed by atoms with E-state index in [4.69, 9.17) is 5.73 Å². The summed E-state index contributed by atoms with van der Waals surface area (Å²) < 4.78 is 0. The van der Waals surface area contributed by atoms with Crippen LogP contribution in [0, 0.1) is 11.8 Å². The van der Waals surface area contributed by atoms with Gasteiger partial charge in [0.2, 0.25) is 5.91 Å². The third-order valence-corrected chi connectivity index (χ3v) is 5.59. The summed E-state index contributed by atoms with van der Waals surface area (Å²) in [6, 6.07) is 10.6. The third-order valence-electron chi connectivity index (χ3n) is 4.56. The minimum atomic E-state index is 0.207. The van der Waals surface area contributed by atoms with Crippen LogP contribution in [0.5, 0.6) is 0 Å². The molecule has 1 heterocycles. The van der Waals surface area contributed by atoms with Gasteiger partial charge in [-0.2, -0.15) is 11.8 Å². The first-order valence-electron chi connectivity index (χ1n) is 7.89. The van der Waals surface area contributed by atoms with Gasteiger partial charge in [-0.3, -0.25) is 4.79 Å². The number of carbonyl (C=O) groups excluding carboxylic acids is 1. The zero-order valence-electron chi connectivity index (χ0n) is 12.4. The Bertz CT molecular complexity index is 475. The van der Waals surface area contributed by atoms with Crippen LogP contribution in [0.25, 0.3) is 0 Å². The molecule has 1 aromatic carbocycles. The van der Waals surface area contributed by atoms with Crippen LogP contribution < -0.4 is 5.73 Å². The van der Waals surface area contributed by atoms with Crippen molar-refractivity contribution in [1.29, 1.82) is 0 Å². The Morgan fingerprint density at radius 3 is 2.71 bits per heavy atom. The van der Waals surface area contributed by atoms with Crippen molar-refractivity contribution < 1.29 is 4.79 Å². The molecule has 21 heavy (non-hydrogen) atoms. The lowest BCUT2D eigenvalue weighted by Crippen LogP contribution is -2.32. The standard InChI is InChI=1S/C17H24N2OS/c18-16-11-19(10-15(16)14-6-7-14)17(20)8-9-21-12-13-4-2-1-3-5-13/h1-5,14-16H,6-12,18H2. The highest BCUT2D eigenvalue weighted by atomic mass is 32.2. The maximum Gasteiger partial charge on any atom is 0.223 e. The Hall–Kier alpha value is -1.00. The number of carbonyl (C=O) groups is 1. The molecule has 2 aliphatic rings. The normalized spacial score (nSPS) is 25.3. The van der Waals surface area contributed by atoms with Crippen molar-refractivity contribution in [2.24, 2.45) is 17.6 Å². The number of nitrogens with two attached hydrogens (primary N) is 1. The van der Waals surface area contributed by atoms with Gasteiger partial charge in [0.15, 0.2) is 0 Å². The summed E-state index contributed by atoms with van der Waals surface area (Å²) in [6.07, 6.45) is 3.27. The van der Waals surface area contributed by atoms with Crippen molar-refractivity contribution in [1.82, 2.24) is 4.90 Å². The second-order valence-electron chi connectivity index (χ2n) is 6.25. The van der Waals surface area contributed by atoms with Gasteiger partial charge in [0.25, 0.3) is 0 Å². The van der Waals surface area contributed by atoms with Crippen LogP contribution in [0.2, 0.25) is 0 Å². The Morgan fingerprint density at radius 2 is 2.00 bits per heavy atom. The molecule has 0 spiro atoms. The van der Waals surface area contributed by atoms with Crippen LogP contribution in [-0.4, -0.2) is 35.7 Å². The zero-order chi connectivity index (χ0) is 14.7. The molecular weight excluding hydrogens is 280 g/mol. The zero-order valence-corrected chi connectivity index (χ0v) is 13.2. The smallest absolute Gasteiger partial charge is 0.223 e. The predicted octanol–water partition coefficient (Wildman–Crippen LogP) is 2.51. The fraction of sp³-hybridized carbons (Fsp3) is 0.588. The maximum atomic E-state index is 12.2. The van der Waals surface area contributed by atoms with Crippen LogP contribution in [0.4, 0.5) is 0 Å². The van der Waals surface area contributed by atoms with Gasteiger partial charge in [0.1, 0.15) is 0 Å². The summed E-state index contributed by atoms with van der Waals surface area (Å²) in [5.41, 5.74) is 7.51. The molecule has 1 aromatic rings. The molecule has 1 saturated heterocycles. The average molecular weight is 304 g/mol. The summed E-state index contributed by atoms with van der Waals surface area (Å²) in [4.78, 5) is 14.2. The molecule has 2 fully saturated rings. The number of nitrogens with zero attached hydrogens (tertiary/aromatic N) is 1. The fourth-order valence-corrected chi connectivity index (χ4v) is 4.05. The van der Waals surface area contributed by atoms with E-state index in [-0.39, 0.29) is 11.9 Å². The molecule has 1 amide bonds. The number of thioether (sulfide) groups is 1. The van der Waals surface area contributed by atoms with E-state index in [1.165, 1.54) is 18.4 Å². The topological polar surface area (TPSA) is 46.3 Å². The highest BCUT2D eigenvalue weighted by molar-refractivity contribution is 7.98. The molecule has 2 atom stereocenters. The van der Waals surface area contributed by atoms with E-state index < -0.39 is 0 Å². The highest BCUT2D eigenvalue weighted by Crippen LogP contribution is 2.40. The monoisotopic (exact) mass is 304 g/mol. The van der Waals surface area contributed by atoms with Gasteiger partial charge in [-0.25, -0.2) is 0 Å². The van der Waals surface area contributed by atoms with E-state index in [1.54, 1.807) is 0 Å². The first-order chi connectivity index (χ1) is 10.2. The number of hydrogen-bond acceptors (Lipinski definition) is 3. The molecule has 2 unspecified atom stereocenters. The second kappa shape index (κ2) is 6.84. The maximum absolute atomic E-state index is 12.2. The number of benzene rings is 1. The summed E-state index contributed by atoms with van der Waals surface area (Å²) in [5, 5.41) is 0. The molecule has 2 N–H and O–H groups in total. The van der Waals surface area contributed by atoms with Crippen molar-refractivity contribution >= 4 is 17.7 Å². The van der Waals surface area contributed by atoms with Crippen molar-refractivity contribution in [2.45, 2.75) is 31.1 Å². The molecule has 0 radical (unpaired) electrons. The van der Waals surface area contributed by atoms with Crippen LogP contribution in [0.1, 0.15) is 24.8 Å². The second-order valence-corrected chi connectivity index (χ2v) is 7.36. The minimum absolute atomic E-state index is 0.207. The van der Waals surface area contributed by atoms with E-state index in [9.17, 15) is 4.79 Å². The SMILES string of the molecule is NC1CN(C(=O)CCSCc2ccccc2)CC1C1CC1. The summed E-state index contributed by atoms with van der Waals surface area (Å²) in [6.45, 7) is 1.66. The first-order valence-corrected chi connectivity index (χ1v) is 9.04. The van der Waals surface area contributed by atoms with Crippen molar-refractivity contribution in [3.8, 4) is 0 Å². The van der Waals surface area contributed by atoms with Gasteiger partial charge in [-0.15, -0.1) is 0 Å². The predicted molar refractivity (Wildman–Crippen MR) is 88.0 cm³/mol. The van der Waals surface area contributed by atoms with Gasteiger partial charge in [-0.1, -0.05) is 30.3 Å². The van der Waals surface area contributed by atoms with E-state index in [0.717, 1.165) is 30.5 Å². The highest BCUT2D eigenvalue weighted by Gasteiger charge is 2.41. The third kappa shape index (κ3) is 4.01. The lowest BCUT2D eigenvalue weighted by atomic mass is 9.99. The quantitative estimate of drug-likeness (QED) is 0.821. The Labute approximate surface area is 131 Å². The van der Waals surface area contributed by atoms with E-state index >= 15 is 0 Å². The van der Waals surface area contributed by atoms with Gasteiger partial charge in [-0.05, 0) is 30.2 Å². The summed E-state index contributed by atoms with van der Waals surface area (Å²) in [5.74, 6) is 3.52. The number of amides is 1. The van der Waals surface area contributed by atoms with Gasteiger partial charge >= 0.3 is 0 Å². The van der Waals surface area contributed by atoms with E-state index in [0.29, 0.717) is 12.3 Å². The van der Waals surface area contributed by atoms with Crippen LogP contribution in [0.3, 0.4) is 0 Å². The summed E-state index contributed by atoms with van der Waals surface area (Å²) >= 11 is 1.83. The van der Waals surface area contributed by atoms with Crippen LogP contribution >= 0.6 is 11.8 Å². The molecule has 0 aromatic heterocycles. The van der Waals surface area contributed by atoms with E-state index in [1.807, 2.05) is 22.7 Å². The van der Waals surface area contributed by atoms with E-state index in [2.05, 4.69) is 24.3 Å². The lowest BCUT2D eigenvalue weighted by molar-refractivity contribution is -0.129. The fourth-order valence-electron chi connectivity index (χ4n) is 3.16. The first kappa shape index (κ1) is 14.9. The number of rotatable bonds is 6. The molecule has 1 aliphatic carbocycles. The number of likely N-dealkylation sites (tertiary alicyclic amines) is 1. The number of hydrogen-bond donors (Lipinski definition) is 1. The lowest BCUT2D eigenvalue weighted by Gasteiger charge is -2.16. The molecule has 4 heteroatoms. The molecule has 3 nitrogen and oxygen atoms in total. The van der Waals surface area contributed by atoms with Crippen LogP contribution in [-0.2, 0) is 10.5 Å². The van der Waals surface area contributed by atoms with Gasteiger partial charge < -0.3 is 10.6 Å². The van der Waals surface area contributed by atoms with Crippen molar-refractivity contribution in [3.05, 3.63) is 35.9 Å². The molecule has 3 rings (SSSR count). The Morgan fingerprint density at radius 1 is 1.24 bits per heavy atom. The Kier molecular flexibility index (Phi) is 4.86. The molecule has 0 bridgehead atoms. The Balaban J connectivity index is 1.37. The largest absolute Gasteiger partial charge is 0.341 e. The van der Waals surface area contributed by atoms with Gasteiger partial charge in [0.05, 0.1) is 0 Å². The van der Waals surface area contributed by atoms with Crippen molar-refractivity contribution in [2.75, 3.05) is 18.8 Å². The molecule has 1 saturated carbocycles. The minimum Gasteiger partial charge on any atom is -0.341 e. The summed E-state index contributed by atoms with van der Waals surface area (Å²) in [7, 11) is 0. The average Bonchev–Trinajstić information content (AvgIpc) is 3.27. The van der Waals surface area contributed by atoms with Gasteiger partial charge in [0, 0.05) is 37.1 Å². The van der Waals surface area contributed by atoms with Crippen LogP contribution in [0.15, 0.2) is 30.3 Å².